The van der Waals surface area contributed by atoms with Crippen molar-refractivity contribution in [3.8, 4) is 5.13 Å². The molecule has 3 aromatic heterocycles. The number of ketones is 1. The molecule has 0 saturated carbocycles. The van der Waals surface area contributed by atoms with Gasteiger partial charge in [-0.05, 0) is 42.5 Å². The first-order chi connectivity index (χ1) is 15.7. The van der Waals surface area contributed by atoms with Crippen LogP contribution in [0.3, 0.4) is 0 Å². The van der Waals surface area contributed by atoms with Crippen molar-refractivity contribution in [3.05, 3.63) is 89.0 Å². The normalized spacial score (nSPS) is 15.8. The summed E-state index contributed by atoms with van der Waals surface area (Å²) in [5, 5.41) is 9.44. The van der Waals surface area contributed by atoms with E-state index in [4.69, 9.17) is 26.1 Å². The summed E-state index contributed by atoms with van der Waals surface area (Å²) in [6.07, 6.45) is 2.65. The smallest absolute Gasteiger partial charge is 0.211 e. The fourth-order valence-electron chi connectivity index (χ4n) is 4.19. The quantitative estimate of drug-likeness (QED) is 0.336. The molecule has 6 nitrogen and oxygen atoms in total. The monoisotopic (exact) mass is 460 g/mol. The van der Waals surface area contributed by atoms with Gasteiger partial charge in [0.2, 0.25) is 5.13 Å². The topological polar surface area (TPSA) is 73.0 Å². The number of carbonyl (C=O) groups is 1. The van der Waals surface area contributed by atoms with Crippen LogP contribution in [0.2, 0.25) is 5.02 Å². The van der Waals surface area contributed by atoms with Gasteiger partial charge in [0, 0.05) is 29.5 Å². The molecule has 32 heavy (non-hydrogen) atoms. The third-order valence-corrected chi connectivity index (χ3v) is 6.88. The minimum Gasteiger partial charge on any atom is -0.469 e. The molecule has 0 radical (unpaired) electrons. The van der Waals surface area contributed by atoms with Gasteiger partial charge in [-0.15, -0.1) is 5.10 Å². The molecular weight excluding hydrogens is 444 g/mol. The number of aromatic nitrogens is 3. The van der Waals surface area contributed by atoms with Crippen LogP contribution in [0.1, 0.15) is 34.2 Å². The predicted molar refractivity (Wildman–Crippen MR) is 126 cm³/mol. The van der Waals surface area contributed by atoms with E-state index < -0.39 is 0 Å². The minimum absolute atomic E-state index is 0.0320. The highest BCUT2D eigenvalue weighted by atomic mass is 35.5. The summed E-state index contributed by atoms with van der Waals surface area (Å²) in [6.45, 7) is 0. The van der Waals surface area contributed by atoms with E-state index in [1.807, 2.05) is 54.6 Å². The Bertz CT molecular complexity index is 1420. The molecule has 1 unspecified atom stereocenters. The van der Waals surface area contributed by atoms with E-state index in [1.165, 1.54) is 0 Å². The first-order valence-corrected chi connectivity index (χ1v) is 11.4. The van der Waals surface area contributed by atoms with Crippen LogP contribution in [0, 0.1) is 0 Å². The highest BCUT2D eigenvalue weighted by Crippen LogP contribution is 2.39. The minimum atomic E-state index is -0.0335. The summed E-state index contributed by atoms with van der Waals surface area (Å²) in [5.41, 5.74) is 3.12. The number of hydrogen-bond acceptors (Lipinski definition) is 6. The van der Waals surface area contributed by atoms with Crippen molar-refractivity contribution < 1.29 is 9.21 Å². The Morgan fingerprint density at radius 1 is 1.09 bits per heavy atom. The van der Waals surface area contributed by atoms with E-state index in [1.54, 1.807) is 28.3 Å². The van der Waals surface area contributed by atoms with E-state index in [9.17, 15) is 4.79 Å². The molecule has 1 atom stereocenters. The molecule has 0 fully saturated rings. The fourth-order valence-corrected chi connectivity index (χ4v) is 5.32. The summed E-state index contributed by atoms with van der Waals surface area (Å²) in [5.74, 6) is 1.33. The Balaban J connectivity index is 1.50. The van der Waals surface area contributed by atoms with Crippen molar-refractivity contribution in [2.45, 2.75) is 18.8 Å². The van der Waals surface area contributed by atoms with Gasteiger partial charge in [-0.3, -0.25) is 4.79 Å². The standard InChI is InChI=1S/C24H17ClN4O2S/c25-15-5-3-6-16(13-15)26-23-22-18(11-14(12-19(22)30)20-8-4-10-31-20)29(28-23)24-27-17-7-1-2-9-21(17)32-24/h1-10,13-14H,11-12H2,(H,26,28). The van der Waals surface area contributed by atoms with E-state index in [-0.39, 0.29) is 11.7 Å². The lowest BCUT2D eigenvalue weighted by atomic mass is 9.85. The molecule has 0 spiro atoms. The van der Waals surface area contributed by atoms with Crippen LogP contribution in [0.25, 0.3) is 15.3 Å². The van der Waals surface area contributed by atoms with Crippen LogP contribution in [-0.2, 0) is 6.42 Å². The second kappa shape index (κ2) is 7.62. The van der Waals surface area contributed by atoms with E-state index in [0.29, 0.717) is 29.2 Å². The third-order valence-electron chi connectivity index (χ3n) is 5.63. The maximum atomic E-state index is 13.3. The molecule has 3 heterocycles. The number of Topliss-reactive ketones (excluding diaryl/α,β-unsaturated/α-hetero) is 1. The molecule has 0 bridgehead atoms. The van der Waals surface area contributed by atoms with Crippen molar-refractivity contribution in [1.29, 1.82) is 0 Å². The number of anilines is 2. The van der Waals surface area contributed by atoms with Crippen LogP contribution >= 0.6 is 22.9 Å². The molecule has 0 amide bonds. The summed E-state index contributed by atoms with van der Waals surface area (Å²) in [4.78, 5) is 18.1. The first-order valence-electron chi connectivity index (χ1n) is 10.2. The van der Waals surface area contributed by atoms with Crippen LogP contribution in [0.15, 0.2) is 71.3 Å². The number of halogens is 1. The Labute approximate surface area is 192 Å². The van der Waals surface area contributed by atoms with Gasteiger partial charge in [0.1, 0.15) is 5.76 Å². The molecule has 0 saturated heterocycles. The largest absolute Gasteiger partial charge is 0.469 e. The number of thiazole rings is 1. The van der Waals surface area contributed by atoms with Crippen molar-refractivity contribution in [1.82, 2.24) is 14.8 Å². The van der Waals surface area contributed by atoms with Gasteiger partial charge in [0.15, 0.2) is 11.6 Å². The molecule has 6 rings (SSSR count). The van der Waals surface area contributed by atoms with E-state index in [0.717, 1.165) is 32.5 Å². The van der Waals surface area contributed by atoms with Gasteiger partial charge in [-0.2, -0.15) is 0 Å². The van der Waals surface area contributed by atoms with Crippen LogP contribution in [0.4, 0.5) is 11.5 Å². The second-order valence-electron chi connectivity index (χ2n) is 7.73. The summed E-state index contributed by atoms with van der Waals surface area (Å²) in [7, 11) is 0. The Kier molecular flexibility index (Phi) is 4.59. The van der Waals surface area contributed by atoms with Gasteiger partial charge in [-0.1, -0.05) is 41.1 Å². The highest BCUT2D eigenvalue weighted by Gasteiger charge is 2.35. The zero-order valence-electron chi connectivity index (χ0n) is 16.8. The zero-order chi connectivity index (χ0) is 21.7. The lowest BCUT2D eigenvalue weighted by Crippen LogP contribution is -2.20. The number of benzene rings is 2. The summed E-state index contributed by atoms with van der Waals surface area (Å²) >= 11 is 7.71. The maximum Gasteiger partial charge on any atom is 0.211 e. The van der Waals surface area contributed by atoms with Gasteiger partial charge in [0.25, 0.3) is 0 Å². The SMILES string of the molecule is O=C1CC(c2ccco2)Cc2c1c(Nc1cccc(Cl)c1)nn2-c1nc2ccccc2s1. The number of nitrogens with one attached hydrogen (secondary N) is 1. The number of rotatable bonds is 4. The molecule has 1 aliphatic rings. The Hall–Kier alpha value is -3.42. The van der Waals surface area contributed by atoms with Gasteiger partial charge < -0.3 is 9.73 Å². The number of fused-ring (bicyclic) bond motifs is 2. The average molecular weight is 461 g/mol. The third kappa shape index (κ3) is 3.30. The second-order valence-corrected chi connectivity index (χ2v) is 9.17. The van der Waals surface area contributed by atoms with Crippen molar-refractivity contribution in [2.24, 2.45) is 0 Å². The van der Waals surface area contributed by atoms with Gasteiger partial charge >= 0.3 is 0 Å². The van der Waals surface area contributed by atoms with Crippen LogP contribution < -0.4 is 5.32 Å². The molecular formula is C24H17ClN4O2S. The zero-order valence-corrected chi connectivity index (χ0v) is 18.4. The fraction of sp³-hybridized carbons (Fsp3) is 0.125. The average Bonchev–Trinajstić information content (AvgIpc) is 3.52. The first kappa shape index (κ1) is 19.3. The number of hydrogen-bond donors (Lipinski definition) is 1. The molecule has 5 aromatic rings. The maximum absolute atomic E-state index is 13.3. The highest BCUT2D eigenvalue weighted by molar-refractivity contribution is 7.20. The van der Waals surface area contributed by atoms with Crippen molar-refractivity contribution in [3.63, 3.8) is 0 Å². The van der Waals surface area contributed by atoms with Crippen molar-refractivity contribution >= 4 is 50.4 Å². The molecule has 1 aliphatic carbocycles. The Morgan fingerprint density at radius 2 is 2.00 bits per heavy atom. The van der Waals surface area contributed by atoms with E-state index >= 15 is 0 Å². The van der Waals surface area contributed by atoms with E-state index in [2.05, 4.69) is 5.32 Å². The van der Waals surface area contributed by atoms with Crippen molar-refractivity contribution in [2.75, 3.05) is 5.32 Å². The number of para-hydroxylation sites is 1. The predicted octanol–water partition coefficient (Wildman–Crippen LogP) is 6.38. The lowest BCUT2D eigenvalue weighted by Gasteiger charge is -2.20. The lowest BCUT2D eigenvalue weighted by molar-refractivity contribution is 0.0960. The van der Waals surface area contributed by atoms with Crippen LogP contribution in [0.5, 0.6) is 0 Å². The molecule has 2 aromatic carbocycles. The van der Waals surface area contributed by atoms with Gasteiger partial charge in [0.05, 0.1) is 27.7 Å². The Morgan fingerprint density at radius 3 is 2.81 bits per heavy atom. The summed E-state index contributed by atoms with van der Waals surface area (Å²) in [6, 6.07) is 19.1. The summed E-state index contributed by atoms with van der Waals surface area (Å²) < 4.78 is 8.50. The number of carbonyl (C=O) groups excluding carboxylic acids is 1. The number of nitrogens with zero attached hydrogens (tertiary/aromatic N) is 3. The molecule has 8 heteroatoms. The molecule has 158 valence electrons. The number of furan rings is 1. The van der Waals surface area contributed by atoms with Gasteiger partial charge in [-0.25, -0.2) is 9.67 Å². The van der Waals surface area contributed by atoms with Crippen LogP contribution in [-0.4, -0.2) is 20.5 Å². The molecule has 1 N–H and O–H groups in total. The molecule has 0 aliphatic heterocycles.